The van der Waals surface area contributed by atoms with Crippen molar-refractivity contribution >= 4 is 22.5 Å². The topological polar surface area (TPSA) is 65.2 Å². The highest BCUT2D eigenvalue weighted by molar-refractivity contribution is 6.01. The van der Waals surface area contributed by atoms with Crippen LogP contribution >= 0.6 is 0 Å². The average Bonchev–Trinajstić information content (AvgIpc) is 2.61. The van der Waals surface area contributed by atoms with Crippen molar-refractivity contribution < 1.29 is 4.79 Å². The quantitative estimate of drug-likeness (QED) is 0.763. The molecule has 0 spiro atoms. The van der Waals surface area contributed by atoms with E-state index in [9.17, 15) is 9.59 Å². The Kier molecular flexibility index (Phi) is 3.34. The molecule has 2 heterocycles. The first-order chi connectivity index (χ1) is 11.7. The van der Waals surface area contributed by atoms with E-state index >= 15 is 0 Å². The van der Waals surface area contributed by atoms with Crippen LogP contribution in [0.1, 0.15) is 29.0 Å². The molecule has 0 aliphatic carbocycles. The minimum Gasteiger partial charge on any atom is -0.361 e. The molecule has 1 aliphatic heterocycles. The van der Waals surface area contributed by atoms with Crippen LogP contribution in [0.3, 0.4) is 0 Å². The van der Waals surface area contributed by atoms with Crippen LogP contribution < -0.4 is 10.9 Å². The Morgan fingerprint density at radius 1 is 1.04 bits per heavy atom. The van der Waals surface area contributed by atoms with Crippen molar-refractivity contribution in [2.45, 2.75) is 13.1 Å². The molecule has 0 fully saturated rings. The maximum atomic E-state index is 12.8. The number of carbonyl (C=O) groups excluding carboxylic acids is 1. The lowest BCUT2D eigenvalue weighted by molar-refractivity contribution is 0.0694. The van der Waals surface area contributed by atoms with Crippen LogP contribution in [0.25, 0.3) is 10.9 Å². The summed E-state index contributed by atoms with van der Waals surface area (Å²) in [6, 6.07) is 16.9. The van der Waals surface area contributed by atoms with Crippen LogP contribution in [-0.4, -0.2) is 22.3 Å². The molecule has 1 aliphatic rings. The van der Waals surface area contributed by atoms with Crippen LogP contribution in [-0.2, 0) is 0 Å². The molecule has 1 amide bonds. The fraction of sp³-hybridized carbons (Fsp3) is 0.158. The van der Waals surface area contributed by atoms with E-state index in [-0.39, 0.29) is 11.5 Å². The number of H-pyrrole nitrogens is 1. The van der Waals surface area contributed by atoms with Gasteiger partial charge in [-0.2, -0.15) is 0 Å². The monoisotopic (exact) mass is 319 g/mol. The Hall–Kier alpha value is -3.08. The molecule has 5 nitrogen and oxygen atoms in total. The largest absolute Gasteiger partial charge is 0.361 e. The number of amides is 1. The standard InChI is InChI=1S/C19H17N3O2/c1-2-22-17(20-16-10-6-4-8-13(16)19(22)24)14-11-12-7-3-5-9-15(12)21-18(14)23/h3-11,17,20H,2H2,1H3,(H,21,23). The molecule has 2 N–H and O–H groups in total. The summed E-state index contributed by atoms with van der Waals surface area (Å²) >= 11 is 0. The number of hydrogen-bond acceptors (Lipinski definition) is 3. The molecule has 4 rings (SSSR count). The van der Waals surface area contributed by atoms with Gasteiger partial charge < -0.3 is 15.2 Å². The van der Waals surface area contributed by atoms with Gasteiger partial charge in [-0.25, -0.2) is 0 Å². The van der Waals surface area contributed by atoms with Crippen LogP contribution in [0.15, 0.2) is 59.4 Å². The smallest absolute Gasteiger partial charge is 0.257 e. The first-order valence-corrected chi connectivity index (χ1v) is 7.97. The number of anilines is 1. The Morgan fingerprint density at radius 2 is 1.79 bits per heavy atom. The molecule has 2 aromatic carbocycles. The molecule has 0 saturated carbocycles. The van der Waals surface area contributed by atoms with Crippen LogP contribution in [0, 0.1) is 0 Å². The van der Waals surface area contributed by atoms with E-state index < -0.39 is 6.17 Å². The molecule has 0 radical (unpaired) electrons. The lowest BCUT2D eigenvalue weighted by Gasteiger charge is -2.37. The van der Waals surface area contributed by atoms with Crippen molar-refractivity contribution in [1.82, 2.24) is 9.88 Å². The van der Waals surface area contributed by atoms with Gasteiger partial charge in [0.25, 0.3) is 11.5 Å². The summed E-state index contributed by atoms with van der Waals surface area (Å²) in [7, 11) is 0. The number of benzene rings is 2. The number of fused-ring (bicyclic) bond motifs is 2. The summed E-state index contributed by atoms with van der Waals surface area (Å²) in [6.07, 6.45) is -0.481. The molecule has 24 heavy (non-hydrogen) atoms. The van der Waals surface area contributed by atoms with Crippen molar-refractivity contribution in [3.8, 4) is 0 Å². The van der Waals surface area contributed by atoms with E-state index in [2.05, 4.69) is 10.3 Å². The predicted octanol–water partition coefficient (Wildman–Crippen LogP) is 3.11. The zero-order chi connectivity index (χ0) is 16.7. The highest BCUT2D eigenvalue weighted by atomic mass is 16.2. The molecule has 0 saturated heterocycles. The van der Waals surface area contributed by atoms with Gasteiger partial charge in [-0.1, -0.05) is 30.3 Å². The molecule has 1 atom stereocenters. The Bertz CT molecular complexity index is 993. The van der Waals surface area contributed by atoms with Crippen molar-refractivity contribution in [2.75, 3.05) is 11.9 Å². The number of aromatic amines is 1. The van der Waals surface area contributed by atoms with Crippen LogP contribution in [0.2, 0.25) is 0 Å². The second-order valence-electron chi connectivity index (χ2n) is 5.82. The summed E-state index contributed by atoms with van der Waals surface area (Å²) < 4.78 is 0. The van der Waals surface area contributed by atoms with Crippen molar-refractivity contribution in [3.63, 3.8) is 0 Å². The number of rotatable bonds is 2. The summed E-state index contributed by atoms with van der Waals surface area (Å²) in [5.74, 6) is -0.0654. The number of aromatic nitrogens is 1. The van der Waals surface area contributed by atoms with Gasteiger partial charge in [0.2, 0.25) is 0 Å². The third-order valence-electron chi connectivity index (χ3n) is 4.44. The van der Waals surface area contributed by atoms with E-state index in [0.717, 1.165) is 16.6 Å². The minimum atomic E-state index is -0.481. The SMILES string of the molecule is CCN1C(=O)c2ccccc2NC1c1cc2ccccc2[nH]c1=O. The first-order valence-electron chi connectivity index (χ1n) is 7.97. The number of hydrogen-bond donors (Lipinski definition) is 2. The second-order valence-corrected chi connectivity index (χ2v) is 5.82. The van der Waals surface area contributed by atoms with Crippen LogP contribution in [0.4, 0.5) is 5.69 Å². The fourth-order valence-electron chi connectivity index (χ4n) is 3.23. The van der Waals surface area contributed by atoms with Gasteiger partial charge in [-0.3, -0.25) is 9.59 Å². The van der Waals surface area contributed by atoms with Crippen molar-refractivity contribution in [2.24, 2.45) is 0 Å². The highest BCUT2D eigenvalue weighted by Crippen LogP contribution is 2.32. The van der Waals surface area contributed by atoms with E-state index in [4.69, 9.17) is 0 Å². The number of para-hydroxylation sites is 2. The number of nitrogens with one attached hydrogen (secondary N) is 2. The molecule has 1 aromatic heterocycles. The van der Waals surface area contributed by atoms with Gasteiger partial charge in [-0.15, -0.1) is 0 Å². The zero-order valence-electron chi connectivity index (χ0n) is 13.2. The van der Waals surface area contributed by atoms with E-state index in [1.807, 2.05) is 55.5 Å². The number of carbonyl (C=O) groups is 1. The van der Waals surface area contributed by atoms with Gasteiger partial charge in [-0.05, 0) is 36.6 Å². The molecule has 5 heteroatoms. The summed E-state index contributed by atoms with van der Waals surface area (Å²) in [6.45, 7) is 2.42. The first kappa shape index (κ1) is 14.5. The summed E-state index contributed by atoms with van der Waals surface area (Å²) in [5, 5.41) is 4.28. The van der Waals surface area contributed by atoms with Crippen molar-refractivity contribution in [1.29, 1.82) is 0 Å². The van der Waals surface area contributed by atoms with Gasteiger partial charge in [0.1, 0.15) is 6.17 Å². The fourth-order valence-corrected chi connectivity index (χ4v) is 3.23. The normalized spacial score (nSPS) is 16.8. The van der Waals surface area contributed by atoms with Gasteiger partial charge in [0.15, 0.2) is 0 Å². The second kappa shape index (κ2) is 5.53. The third-order valence-corrected chi connectivity index (χ3v) is 4.44. The lowest BCUT2D eigenvalue weighted by Crippen LogP contribution is -2.44. The molecular formula is C19H17N3O2. The Balaban J connectivity index is 1.88. The van der Waals surface area contributed by atoms with Gasteiger partial charge >= 0.3 is 0 Å². The predicted molar refractivity (Wildman–Crippen MR) is 94.1 cm³/mol. The summed E-state index contributed by atoms with van der Waals surface area (Å²) in [4.78, 5) is 29.9. The molecule has 1 unspecified atom stereocenters. The van der Waals surface area contributed by atoms with E-state index in [0.29, 0.717) is 17.7 Å². The van der Waals surface area contributed by atoms with Gasteiger partial charge in [0.05, 0.1) is 11.1 Å². The minimum absolute atomic E-state index is 0.0654. The number of pyridine rings is 1. The van der Waals surface area contributed by atoms with E-state index in [1.54, 1.807) is 11.0 Å². The highest BCUT2D eigenvalue weighted by Gasteiger charge is 2.33. The van der Waals surface area contributed by atoms with E-state index in [1.165, 1.54) is 0 Å². The maximum absolute atomic E-state index is 12.8. The van der Waals surface area contributed by atoms with Gasteiger partial charge in [0, 0.05) is 17.7 Å². The maximum Gasteiger partial charge on any atom is 0.257 e. The average molecular weight is 319 g/mol. The summed E-state index contributed by atoms with van der Waals surface area (Å²) in [5.41, 5.74) is 2.53. The number of nitrogens with zero attached hydrogens (tertiary/aromatic N) is 1. The van der Waals surface area contributed by atoms with Crippen molar-refractivity contribution in [3.05, 3.63) is 76.1 Å². The molecular weight excluding hydrogens is 302 g/mol. The third kappa shape index (κ3) is 2.17. The molecule has 0 bridgehead atoms. The molecule has 3 aromatic rings. The Morgan fingerprint density at radius 3 is 2.62 bits per heavy atom. The zero-order valence-corrected chi connectivity index (χ0v) is 13.2. The molecule has 120 valence electrons. The van der Waals surface area contributed by atoms with Crippen LogP contribution in [0.5, 0.6) is 0 Å². The lowest BCUT2D eigenvalue weighted by atomic mass is 10.0. The Labute approximate surface area is 138 Å².